The maximum Gasteiger partial charge on any atom is 0.265 e. The molecule has 0 aliphatic rings. The number of nitrogens with one attached hydrogen (secondary N) is 1. The molecule has 2 aromatic carbocycles. The van der Waals surface area contributed by atoms with Gasteiger partial charge < -0.3 is 4.74 Å². The van der Waals surface area contributed by atoms with Crippen LogP contribution in [-0.4, -0.2) is 20.5 Å². The summed E-state index contributed by atoms with van der Waals surface area (Å²) in [7, 11) is -2.34. The number of benzene rings is 2. The Labute approximate surface area is 141 Å². The zero-order valence-electron chi connectivity index (χ0n) is 13.0. The highest BCUT2D eigenvalue weighted by atomic mass is 32.2. The molecule has 0 amide bonds. The second kappa shape index (κ2) is 6.72. The van der Waals surface area contributed by atoms with Crippen molar-refractivity contribution < 1.29 is 13.2 Å². The monoisotopic (exact) mass is 340 g/mol. The molecule has 0 fully saturated rings. The molecule has 3 aromatic rings. The van der Waals surface area contributed by atoms with Crippen molar-refractivity contribution in [3.8, 4) is 16.9 Å². The summed E-state index contributed by atoms with van der Waals surface area (Å²) < 4.78 is 33.3. The van der Waals surface area contributed by atoms with Crippen LogP contribution >= 0.6 is 0 Å². The fraction of sp³-hybridized carbons (Fsp3) is 0.0556. The number of rotatable bonds is 5. The molecule has 1 aromatic heterocycles. The van der Waals surface area contributed by atoms with Gasteiger partial charge in [-0.15, -0.1) is 0 Å². The van der Waals surface area contributed by atoms with E-state index in [4.69, 9.17) is 4.74 Å². The lowest BCUT2D eigenvalue weighted by molar-refractivity contribution is 0.403. The third-order valence-corrected chi connectivity index (χ3v) is 4.88. The number of aromatic nitrogens is 1. The molecule has 0 atom stereocenters. The zero-order chi connectivity index (χ0) is 17.0. The van der Waals surface area contributed by atoms with Gasteiger partial charge in [0, 0.05) is 23.6 Å². The average molecular weight is 340 g/mol. The number of para-hydroxylation sites is 1. The number of ether oxygens (including phenoxy) is 1. The smallest absolute Gasteiger partial charge is 0.265 e. The van der Waals surface area contributed by atoms with E-state index in [1.54, 1.807) is 60.9 Å². The summed E-state index contributed by atoms with van der Waals surface area (Å²) in [6.45, 7) is 0. The van der Waals surface area contributed by atoms with Gasteiger partial charge >= 0.3 is 0 Å². The summed E-state index contributed by atoms with van der Waals surface area (Å²) in [6.07, 6.45) is 3.35. The van der Waals surface area contributed by atoms with Crippen molar-refractivity contribution >= 4 is 15.7 Å². The molecule has 0 unspecified atom stereocenters. The predicted molar refractivity (Wildman–Crippen MR) is 93.5 cm³/mol. The van der Waals surface area contributed by atoms with E-state index in [1.807, 2.05) is 12.1 Å². The van der Waals surface area contributed by atoms with Crippen molar-refractivity contribution in [3.05, 3.63) is 73.1 Å². The van der Waals surface area contributed by atoms with E-state index in [2.05, 4.69) is 9.71 Å². The van der Waals surface area contributed by atoms with Crippen LogP contribution < -0.4 is 9.46 Å². The summed E-state index contributed by atoms with van der Waals surface area (Å²) in [6, 6.07) is 17.4. The minimum Gasteiger partial charge on any atom is -0.495 e. The molecular formula is C18H16N2O3S. The first-order chi connectivity index (χ1) is 11.6. The van der Waals surface area contributed by atoms with E-state index in [0.717, 1.165) is 11.1 Å². The molecule has 0 aliphatic carbocycles. The van der Waals surface area contributed by atoms with Crippen LogP contribution in [0.15, 0.2) is 78.0 Å². The lowest BCUT2D eigenvalue weighted by atomic mass is 10.1. The van der Waals surface area contributed by atoms with Crippen LogP contribution in [0.2, 0.25) is 0 Å². The van der Waals surface area contributed by atoms with Gasteiger partial charge in [-0.3, -0.25) is 9.71 Å². The summed E-state index contributed by atoms with van der Waals surface area (Å²) >= 11 is 0. The Bertz CT molecular complexity index is 927. The average Bonchev–Trinajstić information content (AvgIpc) is 2.62. The maximum absolute atomic E-state index is 12.8. The Hall–Kier alpha value is -2.86. The second-order valence-electron chi connectivity index (χ2n) is 5.08. The SMILES string of the molecule is COc1ccc(-c2cccnc2)cc1S(=O)(=O)Nc1ccccc1. The molecule has 6 heteroatoms. The van der Waals surface area contributed by atoms with Crippen LogP contribution in [0.25, 0.3) is 11.1 Å². The Morgan fingerprint density at radius 2 is 1.75 bits per heavy atom. The van der Waals surface area contributed by atoms with Crippen molar-refractivity contribution in [2.75, 3.05) is 11.8 Å². The predicted octanol–water partition coefficient (Wildman–Crippen LogP) is 3.56. The van der Waals surface area contributed by atoms with Gasteiger partial charge in [-0.05, 0) is 35.9 Å². The molecule has 0 saturated carbocycles. The van der Waals surface area contributed by atoms with Gasteiger partial charge in [-0.2, -0.15) is 0 Å². The lowest BCUT2D eigenvalue weighted by Crippen LogP contribution is -2.14. The Kier molecular flexibility index (Phi) is 4.48. The number of anilines is 1. The van der Waals surface area contributed by atoms with Crippen LogP contribution in [0.3, 0.4) is 0 Å². The first-order valence-corrected chi connectivity index (χ1v) is 8.75. The molecule has 0 aliphatic heterocycles. The Balaban J connectivity index is 2.05. The highest BCUT2D eigenvalue weighted by molar-refractivity contribution is 7.92. The molecule has 122 valence electrons. The first kappa shape index (κ1) is 16.0. The van der Waals surface area contributed by atoms with Gasteiger partial charge in [-0.1, -0.05) is 30.3 Å². The standard InChI is InChI=1S/C18H16N2O3S/c1-23-17-10-9-14(15-6-5-11-19-13-15)12-18(17)24(21,22)20-16-7-3-2-4-8-16/h2-13,20H,1H3. The van der Waals surface area contributed by atoms with Gasteiger partial charge in [0.05, 0.1) is 7.11 Å². The Morgan fingerprint density at radius 3 is 2.42 bits per heavy atom. The molecule has 1 N–H and O–H groups in total. The first-order valence-electron chi connectivity index (χ1n) is 7.26. The van der Waals surface area contributed by atoms with E-state index >= 15 is 0 Å². The molecule has 0 spiro atoms. The highest BCUT2D eigenvalue weighted by Crippen LogP contribution is 2.30. The van der Waals surface area contributed by atoms with Crippen LogP contribution in [-0.2, 0) is 10.0 Å². The highest BCUT2D eigenvalue weighted by Gasteiger charge is 2.20. The Morgan fingerprint density at radius 1 is 0.958 bits per heavy atom. The number of sulfonamides is 1. The summed E-state index contributed by atoms with van der Waals surface area (Å²) in [5.41, 5.74) is 2.07. The molecule has 5 nitrogen and oxygen atoms in total. The zero-order valence-corrected chi connectivity index (χ0v) is 13.8. The quantitative estimate of drug-likeness (QED) is 0.771. The lowest BCUT2D eigenvalue weighted by Gasteiger charge is -2.13. The van der Waals surface area contributed by atoms with Crippen molar-refractivity contribution in [2.24, 2.45) is 0 Å². The second-order valence-corrected chi connectivity index (χ2v) is 6.73. The largest absolute Gasteiger partial charge is 0.495 e. The van der Waals surface area contributed by atoms with Crippen LogP contribution in [0.5, 0.6) is 5.75 Å². The van der Waals surface area contributed by atoms with E-state index in [-0.39, 0.29) is 10.6 Å². The summed E-state index contributed by atoms with van der Waals surface area (Å²) in [4.78, 5) is 4.15. The number of nitrogens with zero attached hydrogens (tertiary/aromatic N) is 1. The molecule has 0 saturated heterocycles. The molecule has 0 radical (unpaired) electrons. The van der Waals surface area contributed by atoms with E-state index in [1.165, 1.54) is 7.11 Å². The molecule has 0 bridgehead atoms. The number of hydrogen-bond acceptors (Lipinski definition) is 4. The third kappa shape index (κ3) is 3.38. The summed E-state index contributed by atoms with van der Waals surface area (Å²) in [5.74, 6) is 0.283. The topological polar surface area (TPSA) is 68.3 Å². The normalized spacial score (nSPS) is 11.0. The van der Waals surface area contributed by atoms with Gasteiger partial charge in [-0.25, -0.2) is 8.42 Å². The van der Waals surface area contributed by atoms with Crippen molar-refractivity contribution in [2.45, 2.75) is 4.90 Å². The minimum absolute atomic E-state index is 0.0789. The fourth-order valence-corrected chi connectivity index (χ4v) is 3.57. The van der Waals surface area contributed by atoms with Crippen LogP contribution in [0.1, 0.15) is 0 Å². The molecular weight excluding hydrogens is 324 g/mol. The van der Waals surface area contributed by atoms with Crippen LogP contribution in [0.4, 0.5) is 5.69 Å². The third-order valence-electron chi connectivity index (χ3n) is 3.47. The molecule has 24 heavy (non-hydrogen) atoms. The van der Waals surface area contributed by atoms with E-state index in [9.17, 15) is 8.42 Å². The van der Waals surface area contributed by atoms with Gasteiger partial charge in [0.15, 0.2) is 0 Å². The molecule has 3 rings (SSSR count). The summed E-state index contributed by atoms with van der Waals surface area (Å²) in [5, 5.41) is 0. The van der Waals surface area contributed by atoms with Crippen molar-refractivity contribution in [3.63, 3.8) is 0 Å². The van der Waals surface area contributed by atoms with Gasteiger partial charge in [0.2, 0.25) is 0 Å². The van der Waals surface area contributed by atoms with E-state index in [0.29, 0.717) is 5.69 Å². The van der Waals surface area contributed by atoms with E-state index < -0.39 is 10.0 Å². The number of methoxy groups -OCH3 is 1. The fourth-order valence-electron chi connectivity index (χ4n) is 2.32. The molecule has 1 heterocycles. The maximum atomic E-state index is 12.8. The van der Waals surface area contributed by atoms with Gasteiger partial charge in [0.1, 0.15) is 10.6 Å². The van der Waals surface area contributed by atoms with Gasteiger partial charge in [0.25, 0.3) is 10.0 Å². The number of hydrogen-bond donors (Lipinski definition) is 1. The minimum atomic E-state index is -3.78. The van der Waals surface area contributed by atoms with Crippen molar-refractivity contribution in [1.82, 2.24) is 4.98 Å². The number of pyridine rings is 1. The van der Waals surface area contributed by atoms with Crippen molar-refractivity contribution in [1.29, 1.82) is 0 Å². The van der Waals surface area contributed by atoms with Crippen LogP contribution in [0, 0.1) is 0 Å².